The molecule has 3 aromatic rings. The zero-order valence-corrected chi connectivity index (χ0v) is 16.6. The van der Waals surface area contributed by atoms with Gasteiger partial charge in [-0.25, -0.2) is 0 Å². The lowest BCUT2D eigenvalue weighted by Gasteiger charge is -2.15. The molecule has 6 nitrogen and oxygen atoms in total. The van der Waals surface area contributed by atoms with Gasteiger partial charge in [0, 0.05) is 11.8 Å². The molecule has 1 N–H and O–H groups in total. The Morgan fingerprint density at radius 1 is 0.897 bits per heavy atom. The second kappa shape index (κ2) is 9.10. The van der Waals surface area contributed by atoms with Crippen LogP contribution in [0.4, 0.5) is 5.69 Å². The monoisotopic (exact) mass is 393 g/mol. The van der Waals surface area contributed by atoms with Gasteiger partial charge in [-0.15, -0.1) is 0 Å². The number of methoxy groups -OCH3 is 2. The lowest BCUT2D eigenvalue weighted by Crippen LogP contribution is -2.30. The van der Waals surface area contributed by atoms with Gasteiger partial charge in [-0.1, -0.05) is 42.5 Å². The number of amides is 1. The zero-order chi connectivity index (χ0) is 20.8. The minimum absolute atomic E-state index is 0.0960. The van der Waals surface area contributed by atoms with Gasteiger partial charge in [0.1, 0.15) is 0 Å². The van der Waals surface area contributed by atoms with Crippen molar-refractivity contribution in [1.29, 1.82) is 0 Å². The molecule has 0 spiro atoms. The van der Waals surface area contributed by atoms with Crippen LogP contribution >= 0.6 is 0 Å². The number of carbonyl (C=O) groups is 2. The number of nitrogens with one attached hydrogen (secondary N) is 1. The fraction of sp³-hybridized carbons (Fsp3) is 0.217. The Morgan fingerprint density at radius 2 is 1.62 bits per heavy atom. The van der Waals surface area contributed by atoms with Gasteiger partial charge in [0.2, 0.25) is 0 Å². The molecule has 6 heteroatoms. The van der Waals surface area contributed by atoms with E-state index in [9.17, 15) is 9.59 Å². The van der Waals surface area contributed by atoms with E-state index >= 15 is 0 Å². The molecule has 29 heavy (non-hydrogen) atoms. The third-order valence-electron chi connectivity index (χ3n) is 4.49. The van der Waals surface area contributed by atoms with Crippen molar-refractivity contribution >= 4 is 28.3 Å². The maximum absolute atomic E-state index is 12.4. The molecule has 0 aliphatic heterocycles. The highest BCUT2D eigenvalue weighted by atomic mass is 16.5. The molecular formula is C23H23NO5. The van der Waals surface area contributed by atoms with E-state index in [4.69, 9.17) is 14.2 Å². The molecule has 0 saturated carbocycles. The summed E-state index contributed by atoms with van der Waals surface area (Å²) < 4.78 is 15.7. The highest BCUT2D eigenvalue weighted by molar-refractivity contribution is 5.95. The van der Waals surface area contributed by atoms with E-state index in [0.717, 1.165) is 16.3 Å². The fourth-order valence-electron chi connectivity index (χ4n) is 2.97. The highest BCUT2D eigenvalue weighted by Crippen LogP contribution is 2.29. The summed E-state index contributed by atoms with van der Waals surface area (Å²) in [5, 5.41) is 4.87. The third kappa shape index (κ3) is 5.04. The first-order valence-corrected chi connectivity index (χ1v) is 9.20. The standard InChI is InChI=1S/C23H23NO5/c1-15(23(26)24-19-10-11-20(27-2)21(14-19)28-3)29-22(25)13-16-8-9-17-6-4-5-7-18(17)12-16/h4-12,14-15H,13H2,1-3H3,(H,24,26)/t15-/m1/s1. The van der Waals surface area contributed by atoms with E-state index in [-0.39, 0.29) is 6.42 Å². The van der Waals surface area contributed by atoms with Crippen LogP contribution in [0, 0.1) is 0 Å². The first-order chi connectivity index (χ1) is 14.0. The Kier molecular flexibility index (Phi) is 6.34. The maximum Gasteiger partial charge on any atom is 0.311 e. The summed E-state index contributed by atoms with van der Waals surface area (Å²) in [5.41, 5.74) is 1.35. The molecule has 3 aromatic carbocycles. The van der Waals surface area contributed by atoms with E-state index in [1.165, 1.54) is 21.1 Å². The summed E-state index contributed by atoms with van der Waals surface area (Å²) in [6.07, 6.45) is -0.838. The summed E-state index contributed by atoms with van der Waals surface area (Å²) >= 11 is 0. The number of fused-ring (bicyclic) bond motifs is 1. The molecular weight excluding hydrogens is 370 g/mol. The van der Waals surface area contributed by atoms with E-state index in [1.54, 1.807) is 18.2 Å². The van der Waals surface area contributed by atoms with Gasteiger partial charge in [-0.2, -0.15) is 0 Å². The molecule has 0 fully saturated rings. The average Bonchev–Trinajstić information content (AvgIpc) is 2.73. The summed E-state index contributed by atoms with van der Waals surface area (Å²) in [5.74, 6) is 0.158. The molecule has 1 atom stereocenters. The van der Waals surface area contributed by atoms with Crippen molar-refractivity contribution in [2.24, 2.45) is 0 Å². The minimum atomic E-state index is -0.934. The predicted octanol–water partition coefficient (Wildman–Crippen LogP) is 3.97. The van der Waals surface area contributed by atoms with Crippen molar-refractivity contribution in [2.75, 3.05) is 19.5 Å². The van der Waals surface area contributed by atoms with Gasteiger partial charge < -0.3 is 19.5 Å². The Hall–Kier alpha value is -3.54. The largest absolute Gasteiger partial charge is 0.493 e. The van der Waals surface area contributed by atoms with E-state index in [2.05, 4.69) is 5.32 Å². The van der Waals surface area contributed by atoms with E-state index in [1.807, 2.05) is 42.5 Å². The van der Waals surface area contributed by atoms with E-state index in [0.29, 0.717) is 17.2 Å². The van der Waals surface area contributed by atoms with Crippen LogP contribution in [0.2, 0.25) is 0 Å². The minimum Gasteiger partial charge on any atom is -0.493 e. The third-order valence-corrected chi connectivity index (χ3v) is 4.49. The molecule has 0 radical (unpaired) electrons. The number of hydrogen-bond donors (Lipinski definition) is 1. The van der Waals surface area contributed by atoms with Crippen LogP contribution in [-0.2, 0) is 20.7 Å². The summed E-state index contributed by atoms with van der Waals surface area (Å²) in [6.45, 7) is 1.54. The van der Waals surface area contributed by atoms with Crippen molar-refractivity contribution < 1.29 is 23.8 Å². The zero-order valence-electron chi connectivity index (χ0n) is 16.6. The number of benzene rings is 3. The summed E-state index contributed by atoms with van der Waals surface area (Å²) in [4.78, 5) is 24.6. The van der Waals surface area contributed by atoms with Gasteiger partial charge in [-0.05, 0) is 35.4 Å². The quantitative estimate of drug-likeness (QED) is 0.615. The van der Waals surface area contributed by atoms with Crippen LogP contribution in [0.25, 0.3) is 10.8 Å². The molecule has 1 amide bonds. The normalized spacial score (nSPS) is 11.6. The summed E-state index contributed by atoms with van der Waals surface area (Å²) in [7, 11) is 3.05. The molecule has 0 heterocycles. The fourth-order valence-corrected chi connectivity index (χ4v) is 2.97. The lowest BCUT2D eigenvalue weighted by atomic mass is 10.1. The molecule has 0 unspecified atom stereocenters. The molecule has 0 bridgehead atoms. The Balaban J connectivity index is 1.59. The number of esters is 1. The van der Waals surface area contributed by atoms with Gasteiger partial charge in [0.15, 0.2) is 17.6 Å². The van der Waals surface area contributed by atoms with Gasteiger partial charge in [0.05, 0.1) is 20.6 Å². The van der Waals surface area contributed by atoms with Crippen LogP contribution in [0.5, 0.6) is 11.5 Å². The molecule has 0 saturated heterocycles. The van der Waals surface area contributed by atoms with Crippen LogP contribution < -0.4 is 14.8 Å². The second-order valence-electron chi connectivity index (χ2n) is 6.55. The predicted molar refractivity (Wildman–Crippen MR) is 111 cm³/mol. The van der Waals surface area contributed by atoms with Crippen molar-refractivity contribution in [3.63, 3.8) is 0 Å². The Morgan fingerprint density at radius 3 is 2.34 bits per heavy atom. The van der Waals surface area contributed by atoms with Crippen molar-refractivity contribution in [2.45, 2.75) is 19.4 Å². The smallest absolute Gasteiger partial charge is 0.311 e. The molecule has 0 aliphatic carbocycles. The van der Waals surface area contributed by atoms with Crippen LogP contribution in [0.3, 0.4) is 0 Å². The molecule has 0 aliphatic rings. The van der Waals surface area contributed by atoms with E-state index < -0.39 is 18.0 Å². The number of rotatable bonds is 7. The van der Waals surface area contributed by atoms with Crippen molar-refractivity contribution in [3.05, 3.63) is 66.2 Å². The van der Waals surface area contributed by atoms with Gasteiger partial charge >= 0.3 is 5.97 Å². The van der Waals surface area contributed by atoms with Gasteiger partial charge in [-0.3, -0.25) is 9.59 Å². The molecule has 150 valence electrons. The SMILES string of the molecule is COc1ccc(NC(=O)[C@@H](C)OC(=O)Cc2ccc3ccccc3c2)cc1OC. The lowest BCUT2D eigenvalue weighted by molar-refractivity contribution is -0.152. The number of carbonyl (C=O) groups excluding carboxylic acids is 2. The topological polar surface area (TPSA) is 73.9 Å². The van der Waals surface area contributed by atoms with Crippen LogP contribution in [-0.4, -0.2) is 32.2 Å². The van der Waals surface area contributed by atoms with Crippen molar-refractivity contribution in [1.82, 2.24) is 0 Å². The average molecular weight is 393 g/mol. The number of ether oxygens (including phenoxy) is 3. The Labute approximate surface area is 169 Å². The van der Waals surface area contributed by atoms with Gasteiger partial charge in [0.25, 0.3) is 5.91 Å². The Bertz CT molecular complexity index is 1030. The van der Waals surface area contributed by atoms with Crippen molar-refractivity contribution in [3.8, 4) is 11.5 Å². The second-order valence-corrected chi connectivity index (χ2v) is 6.55. The number of anilines is 1. The number of hydrogen-bond acceptors (Lipinski definition) is 5. The first kappa shape index (κ1) is 20.2. The van der Waals surface area contributed by atoms with Crippen LogP contribution in [0.15, 0.2) is 60.7 Å². The summed E-state index contributed by atoms with van der Waals surface area (Å²) in [6, 6.07) is 18.7. The molecule has 0 aromatic heterocycles. The van der Waals surface area contributed by atoms with Crippen LogP contribution in [0.1, 0.15) is 12.5 Å². The molecule has 3 rings (SSSR count). The first-order valence-electron chi connectivity index (χ1n) is 9.20. The highest BCUT2D eigenvalue weighted by Gasteiger charge is 2.19. The maximum atomic E-state index is 12.4.